The fourth-order valence-electron chi connectivity index (χ4n) is 1.47. The van der Waals surface area contributed by atoms with E-state index in [1.165, 1.54) is 42.1 Å². The van der Waals surface area contributed by atoms with Gasteiger partial charge >= 0.3 is 0 Å². The Hall–Kier alpha value is 0.180. The van der Waals surface area contributed by atoms with Crippen LogP contribution in [0, 0.1) is 0 Å². The van der Waals surface area contributed by atoms with Crippen molar-refractivity contribution < 1.29 is 0 Å². The highest BCUT2D eigenvalue weighted by Crippen LogP contribution is 2.23. The second-order valence-electron chi connectivity index (χ2n) is 3.55. The number of hydrogen-bond donors (Lipinski definition) is 0. The first kappa shape index (κ1) is 12.3. The van der Waals surface area contributed by atoms with Gasteiger partial charge < -0.3 is 0 Å². The van der Waals surface area contributed by atoms with Crippen LogP contribution in [-0.2, 0) is 6.42 Å². The minimum absolute atomic E-state index is 1.14. The Balaban J connectivity index is 2.42. The van der Waals surface area contributed by atoms with Crippen LogP contribution >= 0.6 is 31.9 Å². The number of unbranched alkanes of at least 4 members (excludes halogenated alkanes) is 3. The molecule has 0 unspecified atom stereocenters. The van der Waals surface area contributed by atoms with Gasteiger partial charge in [-0.2, -0.15) is 0 Å². The molecule has 0 saturated heterocycles. The molecule has 0 atom stereocenters. The van der Waals surface area contributed by atoms with Gasteiger partial charge in [0, 0.05) is 8.95 Å². The van der Waals surface area contributed by atoms with Gasteiger partial charge in [-0.05, 0) is 30.5 Å². The Kier molecular flexibility index (Phi) is 5.80. The molecular weight excluding hydrogens is 304 g/mol. The summed E-state index contributed by atoms with van der Waals surface area (Å²) in [6.45, 7) is 2.25. The highest BCUT2D eigenvalue weighted by Gasteiger charge is 1.99. The molecule has 0 bridgehead atoms. The van der Waals surface area contributed by atoms with Crippen molar-refractivity contribution in [1.82, 2.24) is 0 Å². The number of hydrogen-bond acceptors (Lipinski definition) is 0. The lowest BCUT2D eigenvalue weighted by Crippen LogP contribution is -1.87. The minimum atomic E-state index is 1.14. The maximum absolute atomic E-state index is 3.59. The van der Waals surface area contributed by atoms with E-state index in [1.54, 1.807) is 0 Å². The maximum atomic E-state index is 3.59. The molecule has 0 aliphatic heterocycles. The summed E-state index contributed by atoms with van der Waals surface area (Å²) in [5.74, 6) is 0. The number of aryl methyl sites for hydroxylation is 1. The zero-order chi connectivity index (χ0) is 10.4. The van der Waals surface area contributed by atoms with Gasteiger partial charge in [0.2, 0.25) is 0 Å². The first-order valence-electron chi connectivity index (χ1n) is 5.18. The molecule has 2 heteroatoms. The Morgan fingerprint density at radius 1 is 1.07 bits per heavy atom. The van der Waals surface area contributed by atoms with Crippen LogP contribution in [0.2, 0.25) is 0 Å². The van der Waals surface area contributed by atoms with Crippen LogP contribution < -0.4 is 0 Å². The first-order chi connectivity index (χ1) is 6.74. The Morgan fingerprint density at radius 2 is 1.86 bits per heavy atom. The van der Waals surface area contributed by atoms with Crippen LogP contribution in [0.4, 0.5) is 0 Å². The van der Waals surface area contributed by atoms with E-state index in [-0.39, 0.29) is 0 Å². The fraction of sp³-hybridized carbons (Fsp3) is 0.500. The molecule has 0 aromatic heterocycles. The van der Waals surface area contributed by atoms with Gasteiger partial charge in [-0.25, -0.2) is 0 Å². The van der Waals surface area contributed by atoms with E-state index in [1.807, 2.05) is 0 Å². The van der Waals surface area contributed by atoms with Crippen LogP contribution in [0.3, 0.4) is 0 Å². The van der Waals surface area contributed by atoms with E-state index in [0.29, 0.717) is 0 Å². The normalized spacial score (nSPS) is 10.5. The molecule has 0 radical (unpaired) electrons. The summed E-state index contributed by atoms with van der Waals surface area (Å²) in [4.78, 5) is 0. The van der Waals surface area contributed by atoms with E-state index in [9.17, 15) is 0 Å². The summed E-state index contributed by atoms with van der Waals surface area (Å²) in [6, 6.07) is 6.43. The summed E-state index contributed by atoms with van der Waals surface area (Å²) in [5, 5.41) is 0. The van der Waals surface area contributed by atoms with Crippen LogP contribution in [0.25, 0.3) is 0 Å². The zero-order valence-electron chi connectivity index (χ0n) is 8.52. The summed E-state index contributed by atoms with van der Waals surface area (Å²) >= 11 is 7.05. The Labute approximate surface area is 103 Å². The fourth-order valence-corrected chi connectivity index (χ4v) is 2.71. The number of rotatable bonds is 5. The molecule has 0 nitrogen and oxygen atoms in total. The molecule has 1 aromatic carbocycles. The molecule has 0 saturated carbocycles. The molecule has 14 heavy (non-hydrogen) atoms. The van der Waals surface area contributed by atoms with E-state index in [2.05, 4.69) is 57.0 Å². The smallest absolute Gasteiger partial charge is 0.0218 e. The lowest BCUT2D eigenvalue weighted by molar-refractivity contribution is 0.666. The quantitative estimate of drug-likeness (QED) is 0.643. The molecule has 0 amide bonds. The average Bonchev–Trinajstić information content (AvgIpc) is 2.15. The lowest BCUT2D eigenvalue weighted by atomic mass is 10.1. The molecule has 0 aliphatic rings. The van der Waals surface area contributed by atoms with Gasteiger partial charge in [0.1, 0.15) is 0 Å². The largest absolute Gasteiger partial charge is 0.0654 e. The van der Waals surface area contributed by atoms with Crippen molar-refractivity contribution >= 4 is 31.9 Å². The highest BCUT2D eigenvalue weighted by atomic mass is 79.9. The van der Waals surface area contributed by atoms with Crippen molar-refractivity contribution in [3.05, 3.63) is 32.7 Å². The van der Waals surface area contributed by atoms with Gasteiger partial charge in [0.05, 0.1) is 0 Å². The average molecular weight is 320 g/mol. The van der Waals surface area contributed by atoms with Crippen molar-refractivity contribution in [1.29, 1.82) is 0 Å². The van der Waals surface area contributed by atoms with Gasteiger partial charge in [-0.15, -0.1) is 0 Å². The summed E-state index contributed by atoms with van der Waals surface area (Å²) in [6.07, 6.45) is 6.50. The molecule has 0 N–H and O–H groups in total. The number of benzene rings is 1. The van der Waals surface area contributed by atoms with E-state index in [4.69, 9.17) is 0 Å². The minimum Gasteiger partial charge on any atom is -0.0654 e. The molecule has 1 aromatic rings. The van der Waals surface area contributed by atoms with Crippen molar-refractivity contribution in [2.24, 2.45) is 0 Å². The van der Waals surface area contributed by atoms with Gasteiger partial charge in [0.15, 0.2) is 0 Å². The first-order valence-corrected chi connectivity index (χ1v) is 6.76. The third-order valence-electron chi connectivity index (χ3n) is 2.31. The summed E-state index contributed by atoms with van der Waals surface area (Å²) in [7, 11) is 0. The van der Waals surface area contributed by atoms with Crippen molar-refractivity contribution in [3.63, 3.8) is 0 Å². The van der Waals surface area contributed by atoms with Crippen LogP contribution in [0.5, 0.6) is 0 Å². The molecule has 1 rings (SSSR count). The number of halogens is 2. The molecular formula is C12H16Br2. The van der Waals surface area contributed by atoms with Gasteiger partial charge in [0.25, 0.3) is 0 Å². The van der Waals surface area contributed by atoms with Crippen molar-refractivity contribution in [2.75, 3.05) is 0 Å². The predicted molar refractivity (Wildman–Crippen MR) is 69.7 cm³/mol. The molecule has 0 spiro atoms. The zero-order valence-corrected chi connectivity index (χ0v) is 11.7. The van der Waals surface area contributed by atoms with E-state index < -0.39 is 0 Å². The highest BCUT2D eigenvalue weighted by molar-refractivity contribution is 9.11. The third kappa shape index (κ3) is 4.14. The lowest BCUT2D eigenvalue weighted by Gasteiger charge is -2.04. The van der Waals surface area contributed by atoms with Crippen LogP contribution in [-0.4, -0.2) is 0 Å². The van der Waals surface area contributed by atoms with Crippen molar-refractivity contribution in [2.45, 2.75) is 39.0 Å². The second-order valence-corrected chi connectivity index (χ2v) is 5.32. The molecule has 78 valence electrons. The predicted octanol–water partition coefficient (Wildman–Crippen LogP) is 5.33. The SMILES string of the molecule is CCCCCCc1ccc(Br)cc1Br. The second kappa shape index (κ2) is 6.62. The van der Waals surface area contributed by atoms with Gasteiger partial charge in [-0.1, -0.05) is 64.1 Å². The van der Waals surface area contributed by atoms with Crippen LogP contribution in [0.15, 0.2) is 27.1 Å². The molecule has 0 heterocycles. The summed E-state index contributed by atoms with van der Waals surface area (Å²) in [5.41, 5.74) is 1.42. The molecule has 0 fully saturated rings. The van der Waals surface area contributed by atoms with E-state index in [0.717, 1.165) is 4.47 Å². The third-order valence-corrected chi connectivity index (χ3v) is 3.55. The standard InChI is InChI=1S/C12H16Br2/c1-2-3-4-5-6-10-7-8-11(13)9-12(10)14/h7-9H,2-6H2,1H3. The van der Waals surface area contributed by atoms with E-state index >= 15 is 0 Å². The topological polar surface area (TPSA) is 0 Å². The van der Waals surface area contributed by atoms with Crippen molar-refractivity contribution in [3.8, 4) is 0 Å². The van der Waals surface area contributed by atoms with Crippen LogP contribution in [0.1, 0.15) is 38.2 Å². The molecule has 0 aliphatic carbocycles. The maximum Gasteiger partial charge on any atom is 0.0218 e. The Bertz CT molecular complexity index is 282. The van der Waals surface area contributed by atoms with Gasteiger partial charge in [-0.3, -0.25) is 0 Å². The monoisotopic (exact) mass is 318 g/mol. The Morgan fingerprint density at radius 3 is 2.50 bits per heavy atom. The summed E-state index contributed by atoms with van der Waals surface area (Å²) < 4.78 is 2.37.